The average molecular weight is 288 g/mol. The van der Waals surface area contributed by atoms with Crippen molar-refractivity contribution in [3.05, 3.63) is 48.3 Å². The van der Waals surface area contributed by atoms with Crippen molar-refractivity contribution < 1.29 is 9.18 Å². The standard InChI is InChI=1S/C15H17FN4O/c16-10-4-5-11(12(17)8-10)15(21)19-13-2-1-3-14(13)20-7-6-18-9-20/h4-9,13-14H,1-3,17H2,(H,19,21). The number of hydrogen-bond donors (Lipinski definition) is 2. The number of nitrogen functional groups attached to an aromatic ring is 1. The van der Waals surface area contributed by atoms with Gasteiger partial charge in [-0.2, -0.15) is 0 Å². The van der Waals surface area contributed by atoms with Crippen LogP contribution >= 0.6 is 0 Å². The Balaban J connectivity index is 1.75. The molecule has 0 spiro atoms. The van der Waals surface area contributed by atoms with Gasteiger partial charge in [0.05, 0.1) is 17.9 Å². The molecule has 5 nitrogen and oxygen atoms in total. The Morgan fingerprint density at radius 2 is 2.29 bits per heavy atom. The Kier molecular flexibility index (Phi) is 3.60. The van der Waals surface area contributed by atoms with Gasteiger partial charge in [0.15, 0.2) is 0 Å². The summed E-state index contributed by atoms with van der Waals surface area (Å²) in [6, 6.07) is 4.07. The lowest BCUT2D eigenvalue weighted by Gasteiger charge is -2.22. The van der Waals surface area contributed by atoms with Crippen LogP contribution in [0.15, 0.2) is 36.9 Å². The first-order valence-electron chi connectivity index (χ1n) is 6.98. The molecule has 0 saturated heterocycles. The second-order valence-corrected chi connectivity index (χ2v) is 5.32. The molecular weight excluding hydrogens is 271 g/mol. The smallest absolute Gasteiger partial charge is 0.253 e. The van der Waals surface area contributed by atoms with Crippen molar-refractivity contribution in [3.63, 3.8) is 0 Å². The van der Waals surface area contributed by atoms with Gasteiger partial charge in [-0.3, -0.25) is 4.79 Å². The number of nitrogens with zero attached hydrogens (tertiary/aromatic N) is 2. The van der Waals surface area contributed by atoms with Crippen LogP contribution < -0.4 is 11.1 Å². The number of anilines is 1. The fraction of sp³-hybridized carbons (Fsp3) is 0.333. The molecule has 2 aromatic rings. The highest BCUT2D eigenvalue weighted by Crippen LogP contribution is 2.30. The molecule has 2 unspecified atom stereocenters. The number of carbonyl (C=O) groups is 1. The monoisotopic (exact) mass is 288 g/mol. The van der Waals surface area contributed by atoms with Gasteiger partial charge in [0.25, 0.3) is 5.91 Å². The Hall–Kier alpha value is -2.37. The summed E-state index contributed by atoms with van der Waals surface area (Å²) in [6.45, 7) is 0. The molecule has 1 saturated carbocycles. The number of rotatable bonds is 3. The first kappa shape index (κ1) is 13.6. The lowest BCUT2D eigenvalue weighted by molar-refractivity contribution is 0.0929. The summed E-state index contributed by atoms with van der Waals surface area (Å²) in [5, 5.41) is 3.00. The van der Waals surface area contributed by atoms with Crippen LogP contribution in [-0.2, 0) is 0 Å². The Morgan fingerprint density at radius 1 is 1.43 bits per heavy atom. The van der Waals surface area contributed by atoms with Gasteiger partial charge in [0.1, 0.15) is 5.82 Å². The van der Waals surface area contributed by atoms with E-state index in [9.17, 15) is 9.18 Å². The predicted octanol–water partition coefficient (Wildman–Crippen LogP) is 2.13. The SMILES string of the molecule is Nc1cc(F)ccc1C(=O)NC1CCCC1n1ccnc1. The van der Waals surface area contributed by atoms with E-state index >= 15 is 0 Å². The fourth-order valence-electron chi connectivity index (χ4n) is 2.92. The van der Waals surface area contributed by atoms with Crippen LogP contribution in [0.2, 0.25) is 0 Å². The van der Waals surface area contributed by atoms with Crippen molar-refractivity contribution in [2.24, 2.45) is 0 Å². The summed E-state index contributed by atoms with van der Waals surface area (Å²) < 4.78 is 15.1. The van der Waals surface area contributed by atoms with Crippen LogP contribution in [0.3, 0.4) is 0 Å². The normalized spacial score (nSPS) is 21.4. The second kappa shape index (κ2) is 5.55. The summed E-state index contributed by atoms with van der Waals surface area (Å²) in [5.41, 5.74) is 6.18. The van der Waals surface area contributed by atoms with E-state index in [0.29, 0.717) is 5.56 Å². The van der Waals surface area contributed by atoms with Crippen LogP contribution in [0.25, 0.3) is 0 Å². The second-order valence-electron chi connectivity index (χ2n) is 5.32. The molecule has 1 amide bonds. The summed E-state index contributed by atoms with van der Waals surface area (Å²) in [5.74, 6) is -0.703. The van der Waals surface area contributed by atoms with Crippen molar-refractivity contribution in [1.82, 2.24) is 14.9 Å². The van der Waals surface area contributed by atoms with Gasteiger partial charge in [-0.1, -0.05) is 0 Å². The van der Waals surface area contributed by atoms with Crippen molar-refractivity contribution in [1.29, 1.82) is 0 Å². The van der Waals surface area contributed by atoms with Crippen molar-refractivity contribution in [2.75, 3.05) is 5.73 Å². The molecule has 110 valence electrons. The first-order valence-corrected chi connectivity index (χ1v) is 6.98. The summed E-state index contributed by atoms with van der Waals surface area (Å²) in [6.07, 6.45) is 8.36. The third kappa shape index (κ3) is 2.74. The Morgan fingerprint density at radius 3 is 3.00 bits per heavy atom. The highest BCUT2D eigenvalue weighted by Gasteiger charge is 2.30. The molecule has 2 atom stereocenters. The quantitative estimate of drug-likeness (QED) is 0.850. The lowest BCUT2D eigenvalue weighted by atomic mass is 10.1. The van der Waals surface area contributed by atoms with Crippen LogP contribution in [-0.4, -0.2) is 21.5 Å². The van der Waals surface area contributed by atoms with Crippen molar-refractivity contribution in [2.45, 2.75) is 31.3 Å². The molecule has 0 bridgehead atoms. The molecule has 1 aliphatic rings. The Bertz CT molecular complexity index is 641. The van der Waals surface area contributed by atoms with Gasteiger partial charge >= 0.3 is 0 Å². The summed E-state index contributed by atoms with van der Waals surface area (Å²) in [7, 11) is 0. The van der Waals surface area contributed by atoms with E-state index in [0.717, 1.165) is 25.3 Å². The van der Waals surface area contributed by atoms with Gasteiger partial charge in [-0.05, 0) is 37.5 Å². The highest BCUT2D eigenvalue weighted by molar-refractivity contribution is 5.99. The predicted molar refractivity (Wildman–Crippen MR) is 77.2 cm³/mol. The number of hydrogen-bond acceptors (Lipinski definition) is 3. The van der Waals surface area contributed by atoms with E-state index in [1.807, 2.05) is 10.8 Å². The number of aromatic nitrogens is 2. The highest BCUT2D eigenvalue weighted by atomic mass is 19.1. The van der Waals surface area contributed by atoms with Crippen molar-refractivity contribution >= 4 is 11.6 Å². The van der Waals surface area contributed by atoms with E-state index in [1.165, 1.54) is 12.1 Å². The number of amides is 1. The number of carbonyl (C=O) groups excluding carboxylic acids is 1. The molecule has 1 aromatic carbocycles. The largest absolute Gasteiger partial charge is 0.398 e. The first-order chi connectivity index (χ1) is 10.1. The van der Waals surface area contributed by atoms with E-state index in [1.54, 1.807) is 12.5 Å². The van der Waals surface area contributed by atoms with Crippen molar-refractivity contribution in [3.8, 4) is 0 Å². The van der Waals surface area contributed by atoms with Crippen LogP contribution in [0.5, 0.6) is 0 Å². The maximum absolute atomic E-state index is 13.0. The molecule has 1 aromatic heterocycles. The van der Waals surface area contributed by atoms with E-state index in [2.05, 4.69) is 10.3 Å². The molecular formula is C15H17FN4O. The third-order valence-electron chi connectivity index (χ3n) is 3.96. The number of halogens is 1. The zero-order valence-corrected chi connectivity index (χ0v) is 11.5. The molecule has 1 heterocycles. The number of nitrogens with two attached hydrogens (primary N) is 1. The zero-order valence-electron chi connectivity index (χ0n) is 11.5. The molecule has 1 aliphatic carbocycles. The van der Waals surface area contributed by atoms with E-state index in [4.69, 9.17) is 5.73 Å². The maximum atomic E-state index is 13.0. The molecule has 6 heteroatoms. The van der Waals surface area contributed by atoms with Gasteiger partial charge in [-0.25, -0.2) is 9.37 Å². The van der Waals surface area contributed by atoms with E-state index in [-0.39, 0.29) is 23.7 Å². The molecule has 3 rings (SSSR count). The molecule has 0 radical (unpaired) electrons. The van der Waals surface area contributed by atoms with Crippen LogP contribution in [0, 0.1) is 5.82 Å². The van der Waals surface area contributed by atoms with Gasteiger partial charge in [-0.15, -0.1) is 0 Å². The average Bonchev–Trinajstić information content (AvgIpc) is 3.08. The van der Waals surface area contributed by atoms with E-state index < -0.39 is 5.82 Å². The summed E-state index contributed by atoms with van der Waals surface area (Å²) >= 11 is 0. The molecule has 3 N–H and O–H groups in total. The number of imidazole rings is 1. The number of nitrogens with one attached hydrogen (secondary N) is 1. The Labute approximate surface area is 122 Å². The fourth-order valence-corrected chi connectivity index (χ4v) is 2.92. The van der Waals surface area contributed by atoms with Gasteiger partial charge < -0.3 is 15.6 Å². The summed E-state index contributed by atoms with van der Waals surface area (Å²) in [4.78, 5) is 16.4. The zero-order chi connectivity index (χ0) is 14.8. The van der Waals surface area contributed by atoms with Crippen LogP contribution in [0.1, 0.15) is 35.7 Å². The lowest BCUT2D eigenvalue weighted by Crippen LogP contribution is -2.38. The van der Waals surface area contributed by atoms with Gasteiger partial charge in [0.2, 0.25) is 0 Å². The van der Waals surface area contributed by atoms with Gasteiger partial charge in [0, 0.05) is 24.1 Å². The minimum Gasteiger partial charge on any atom is -0.398 e. The maximum Gasteiger partial charge on any atom is 0.253 e. The van der Waals surface area contributed by atoms with Crippen LogP contribution in [0.4, 0.5) is 10.1 Å². The minimum atomic E-state index is -0.443. The molecule has 21 heavy (non-hydrogen) atoms. The minimum absolute atomic E-state index is 0.0381. The molecule has 1 fully saturated rings. The number of benzene rings is 1. The third-order valence-corrected chi connectivity index (χ3v) is 3.96. The molecule has 0 aliphatic heterocycles. The topological polar surface area (TPSA) is 72.9 Å².